The van der Waals surface area contributed by atoms with Gasteiger partial charge in [0.1, 0.15) is 0 Å². The summed E-state index contributed by atoms with van der Waals surface area (Å²) in [5, 5.41) is 10.3. The summed E-state index contributed by atoms with van der Waals surface area (Å²) in [5.74, 6) is 1.63. The third-order valence-electron chi connectivity index (χ3n) is 4.28. The molecule has 0 aliphatic carbocycles. The van der Waals surface area contributed by atoms with E-state index in [1.165, 1.54) is 18.5 Å². The van der Waals surface area contributed by atoms with E-state index in [4.69, 9.17) is 11.6 Å². The monoisotopic (exact) mass is 281 g/mol. The van der Waals surface area contributed by atoms with E-state index < -0.39 is 6.10 Å². The molecule has 2 rings (SSSR count). The molecule has 1 heterocycles. The van der Waals surface area contributed by atoms with Crippen molar-refractivity contribution in [2.75, 3.05) is 18.0 Å². The van der Waals surface area contributed by atoms with Gasteiger partial charge in [-0.3, -0.25) is 0 Å². The van der Waals surface area contributed by atoms with Crippen LogP contribution in [-0.2, 0) is 0 Å². The highest BCUT2D eigenvalue weighted by Crippen LogP contribution is 2.31. The summed E-state index contributed by atoms with van der Waals surface area (Å²) in [6.07, 6.45) is 2.01. The lowest BCUT2D eigenvalue weighted by molar-refractivity contribution is 0.199. The number of hydrogen-bond donors (Lipinski definition) is 1. The Kier molecular flexibility index (Phi) is 4.75. The summed E-state index contributed by atoms with van der Waals surface area (Å²) in [6, 6.07) is 6.00. The highest BCUT2D eigenvalue weighted by Gasteiger charge is 2.22. The molecule has 1 aromatic carbocycles. The minimum atomic E-state index is -0.506. The number of anilines is 1. The third kappa shape index (κ3) is 3.43. The lowest BCUT2D eigenvalue weighted by atomic mass is 9.86. The lowest BCUT2D eigenvalue weighted by Gasteiger charge is -2.35. The van der Waals surface area contributed by atoms with E-state index in [0.717, 1.165) is 30.5 Å². The van der Waals surface area contributed by atoms with E-state index in [0.29, 0.717) is 5.02 Å². The van der Waals surface area contributed by atoms with Crippen LogP contribution in [0, 0.1) is 11.8 Å². The van der Waals surface area contributed by atoms with E-state index in [1.807, 2.05) is 12.1 Å². The minimum Gasteiger partial charge on any atom is -0.389 e. The van der Waals surface area contributed by atoms with Crippen LogP contribution < -0.4 is 4.90 Å². The number of benzene rings is 1. The van der Waals surface area contributed by atoms with Gasteiger partial charge in [-0.05, 0) is 49.3 Å². The highest BCUT2D eigenvalue weighted by atomic mass is 35.5. The Hall–Kier alpha value is -0.730. The van der Waals surface area contributed by atoms with Gasteiger partial charge in [-0.2, -0.15) is 0 Å². The number of hydrogen-bond acceptors (Lipinski definition) is 2. The molecule has 1 aliphatic rings. The van der Waals surface area contributed by atoms with Gasteiger partial charge >= 0.3 is 0 Å². The van der Waals surface area contributed by atoms with Crippen molar-refractivity contribution in [1.29, 1.82) is 0 Å². The molecule has 0 spiro atoms. The van der Waals surface area contributed by atoms with Gasteiger partial charge in [0.15, 0.2) is 0 Å². The predicted molar refractivity (Wildman–Crippen MR) is 81.9 cm³/mol. The van der Waals surface area contributed by atoms with Crippen LogP contribution in [-0.4, -0.2) is 18.2 Å². The lowest BCUT2D eigenvalue weighted by Crippen LogP contribution is -2.35. The van der Waals surface area contributed by atoms with Gasteiger partial charge in [0.25, 0.3) is 0 Å². The SMILES string of the molecule is CC(O)c1ccc(N2CCC(C(C)C)CC2)cc1Cl. The van der Waals surface area contributed by atoms with Gasteiger partial charge in [0.2, 0.25) is 0 Å². The van der Waals surface area contributed by atoms with Crippen molar-refractivity contribution in [1.82, 2.24) is 0 Å². The fourth-order valence-electron chi connectivity index (χ4n) is 2.88. The molecular weight excluding hydrogens is 258 g/mol. The highest BCUT2D eigenvalue weighted by molar-refractivity contribution is 6.31. The van der Waals surface area contributed by atoms with Crippen molar-refractivity contribution in [3.63, 3.8) is 0 Å². The van der Waals surface area contributed by atoms with Crippen molar-refractivity contribution in [3.8, 4) is 0 Å². The molecule has 1 unspecified atom stereocenters. The number of nitrogens with zero attached hydrogens (tertiary/aromatic N) is 1. The maximum atomic E-state index is 9.60. The molecule has 106 valence electrons. The first kappa shape index (κ1) is 14.7. The zero-order valence-electron chi connectivity index (χ0n) is 12.1. The topological polar surface area (TPSA) is 23.5 Å². The van der Waals surface area contributed by atoms with Gasteiger partial charge in [-0.25, -0.2) is 0 Å². The van der Waals surface area contributed by atoms with Crippen LogP contribution in [0.4, 0.5) is 5.69 Å². The molecule has 19 heavy (non-hydrogen) atoms. The fourth-order valence-corrected chi connectivity index (χ4v) is 3.21. The van der Waals surface area contributed by atoms with Crippen molar-refractivity contribution in [2.24, 2.45) is 11.8 Å². The standard InChI is InChI=1S/C16H24ClNO/c1-11(2)13-6-8-18(9-7-13)14-4-5-15(12(3)19)16(17)10-14/h4-5,10-13,19H,6-9H2,1-3H3. The molecule has 2 nitrogen and oxygen atoms in total. The smallest absolute Gasteiger partial charge is 0.0776 e. The largest absolute Gasteiger partial charge is 0.389 e. The Morgan fingerprint density at radius 1 is 1.21 bits per heavy atom. The molecule has 0 aromatic heterocycles. The molecule has 1 aromatic rings. The van der Waals surface area contributed by atoms with Crippen molar-refractivity contribution < 1.29 is 5.11 Å². The fraction of sp³-hybridized carbons (Fsp3) is 0.625. The molecule has 0 amide bonds. The van der Waals surface area contributed by atoms with E-state index in [2.05, 4.69) is 24.8 Å². The average molecular weight is 282 g/mol. The molecule has 3 heteroatoms. The second kappa shape index (κ2) is 6.15. The van der Waals surface area contributed by atoms with Crippen LogP contribution in [0.2, 0.25) is 5.02 Å². The van der Waals surface area contributed by atoms with Gasteiger partial charge < -0.3 is 10.0 Å². The second-order valence-corrected chi connectivity index (χ2v) is 6.36. The molecule has 1 fully saturated rings. The molecule has 0 radical (unpaired) electrons. The third-order valence-corrected chi connectivity index (χ3v) is 4.61. The Balaban J connectivity index is 2.06. The van der Waals surface area contributed by atoms with Gasteiger partial charge in [0, 0.05) is 23.8 Å². The zero-order valence-corrected chi connectivity index (χ0v) is 12.8. The van der Waals surface area contributed by atoms with Gasteiger partial charge in [0.05, 0.1) is 6.10 Å². The maximum absolute atomic E-state index is 9.60. The molecule has 0 bridgehead atoms. The molecular formula is C16H24ClNO. The van der Waals surface area contributed by atoms with E-state index in [1.54, 1.807) is 6.92 Å². The quantitative estimate of drug-likeness (QED) is 0.894. The molecule has 1 atom stereocenters. The molecule has 1 aliphatic heterocycles. The molecule has 1 N–H and O–H groups in total. The number of halogens is 1. The summed E-state index contributed by atoms with van der Waals surface area (Å²) in [6.45, 7) is 8.58. The van der Waals surface area contributed by atoms with Gasteiger partial charge in [-0.15, -0.1) is 0 Å². The first-order valence-corrected chi connectivity index (χ1v) is 7.59. The van der Waals surface area contributed by atoms with E-state index in [9.17, 15) is 5.11 Å². The number of aliphatic hydroxyl groups is 1. The van der Waals surface area contributed by atoms with Crippen LogP contribution >= 0.6 is 11.6 Å². The van der Waals surface area contributed by atoms with Crippen LogP contribution in [0.15, 0.2) is 18.2 Å². The minimum absolute atomic E-state index is 0.506. The van der Waals surface area contributed by atoms with Crippen LogP contribution in [0.5, 0.6) is 0 Å². The molecule has 0 saturated carbocycles. The Morgan fingerprint density at radius 3 is 2.32 bits per heavy atom. The Morgan fingerprint density at radius 2 is 1.84 bits per heavy atom. The maximum Gasteiger partial charge on any atom is 0.0776 e. The average Bonchev–Trinajstić information content (AvgIpc) is 2.38. The summed E-state index contributed by atoms with van der Waals surface area (Å²) >= 11 is 6.24. The Labute approximate surface area is 121 Å². The van der Waals surface area contributed by atoms with E-state index >= 15 is 0 Å². The molecule has 1 saturated heterocycles. The summed E-state index contributed by atoms with van der Waals surface area (Å²) < 4.78 is 0. The zero-order chi connectivity index (χ0) is 14.0. The summed E-state index contributed by atoms with van der Waals surface area (Å²) in [5.41, 5.74) is 1.99. The number of rotatable bonds is 3. The van der Waals surface area contributed by atoms with Crippen molar-refractivity contribution >= 4 is 17.3 Å². The summed E-state index contributed by atoms with van der Waals surface area (Å²) in [7, 11) is 0. The van der Waals surface area contributed by atoms with Gasteiger partial charge in [-0.1, -0.05) is 31.5 Å². The van der Waals surface area contributed by atoms with Crippen LogP contribution in [0.3, 0.4) is 0 Å². The predicted octanol–water partition coefficient (Wildman–Crippen LogP) is 4.27. The second-order valence-electron chi connectivity index (χ2n) is 5.95. The normalized spacial score (nSPS) is 18.9. The first-order chi connectivity index (χ1) is 8.99. The number of piperidine rings is 1. The van der Waals surface area contributed by atoms with E-state index in [-0.39, 0.29) is 0 Å². The van der Waals surface area contributed by atoms with Crippen molar-refractivity contribution in [2.45, 2.75) is 39.7 Å². The Bertz CT molecular complexity index is 423. The van der Waals surface area contributed by atoms with Crippen LogP contribution in [0.1, 0.15) is 45.3 Å². The van der Waals surface area contributed by atoms with Crippen LogP contribution in [0.25, 0.3) is 0 Å². The summed E-state index contributed by atoms with van der Waals surface area (Å²) in [4.78, 5) is 2.40. The first-order valence-electron chi connectivity index (χ1n) is 7.21. The van der Waals surface area contributed by atoms with Crippen molar-refractivity contribution in [3.05, 3.63) is 28.8 Å². The number of aliphatic hydroxyl groups excluding tert-OH is 1.